The number of hydrogen-bond acceptors (Lipinski definition) is 7. The first-order valence-corrected chi connectivity index (χ1v) is 10.8. The number of morpholine rings is 1. The zero-order valence-corrected chi connectivity index (χ0v) is 18.0. The summed E-state index contributed by atoms with van der Waals surface area (Å²) >= 11 is 1.58. The highest BCUT2D eigenvalue weighted by Crippen LogP contribution is 2.30. The third kappa shape index (κ3) is 4.89. The van der Waals surface area contributed by atoms with Crippen LogP contribution in [0.15, 0.2) is 53.9 Å². The molecule has 0 saturated carbocycles. The number of ether oxygens (including phenoxy) is 1. The van der Waals surface area contributed by atoms with Crippen LogP contribution in [0.2, 0.25) is 0 Å². The quantitative estimate of drug-likeness (QED) is 0.462. The van der Waals surface area contributed by atoms with Crippen LogP contribution in [0.3, 0.4) is 0 Å². The Bertz CT molecular complexity index is 1110. The second kappa shape index (κ2) is 8.83. The molecule has 2 unspecified atom stereocenters. The minimum Gasteiger partial charge on any atom is -0.372 e. The number of aromatic nitrogens is 1. The summed E-state index contributed by atoms with van der Waals surface area (Å²) in [6.07, 6.45) is 0.312. The van der Waals surface area contributed by atoms with Gasteiger partial charge in [0, 0.05) is 47.4 Å². The van der Waals surface area contributed by atoms with E-state index >= 15 is 0 Å². The Morgan fingerprint density at radius 1 is 1.19 bits per heavy atom. The van der Waals surface area contributed by atoms with Crippen molar-refractivity contribution in [1.82, 2.24) is 4.98 Å². The lowest BCUT2D eigenvalue weighted by molar-refractivity contribution is -0.384. The van der Waals surface area contributed by atoms with Crippen LogP contribution in [0.4, 0.5) is 16.5 Å². The van der Waals surface area contributed by atoms with Gasteiger partial charge in [0.15, 0.2) is 5.13 Å². The number of nitro groups is 1. The van der Waals surface area contributed by atoms with E-state index in [1.807, 2.05) is 23.6 Å². The van der Waals surface area contributed by atoms with Crippen LogP contribution < -0.4 is 10.2 Å². The van der Waals surface area contributed by atoms with Crippen LogP contribution in [-0.2, 0) is 4.74 Å². The summed E-state index contributed by atoms with van der Waals surface area (Å²) in [5.74, 6) is -0.406. The Labute approximate surface area is 183 Å². The number of nitrogens with one attached hydrogen (secondary N) is 1. The predicted molar refractivity (Wildman–Crippen MR) is 121 cm³/mol. The van der Waals surface area contributed by atoms with Gasteiger partial charge < -0.3 is 15.0 Å². The van der Waals surface area contributed by atoms with Crippen LogP contribution in [0.1, 0.15) is 24.2 Å². The first kappa shape index (κ1) is 21.0. The van der Waals surface area contributed by atoms with Crippen LogP contribution in [-0.4, -0.2) is 41.1 Å². The van der Waals surface area contributed by atoms with Crippen molar-refractivity contribution in [2.45, 2.75) is 26.1 Å². The second-order valence-corrected chi connectivity index (χ2v) is 8.36. The molecule has 2 heterocycles. The number of carbonyl (C=O) groups is 1. The number of rotatable bonds is 5. The van der Waals surface area contributed by atoms with E-state index in [-0.39, 0.29) is 23.5 Å². The van der Waals surface area contributed by atoms with Gasteiger partial charge in [0.25, 0.3) is 11.6 Å². The van der Waals surface area contributed by atoms with Crippen molar-refractivity contribution in [2.24, 2.45) is 0 Å². The Morgan fingerprint density at radius 3 is 2.68 bits per heavy atom. The largest absolute Gasteiger partial charge is 0.372 e. The third-order valence-corrected chi connectivity index (χ3v) is 5.82. The normalized spacial score (nSPS) is 18.6. The summed E-state index contributed by atoms with van der Waals surface area (Å²) in [7, 11) is 0. The van der Waals surface area contributed by atoms with Crippen LogP contribution >= 0.6 is 11.3 Å². The molecule has 1 fully saturated rings. The van der Waals surface area contributed by atoms with Gasteiger partial charge in [0.05, 0.1) is 22.8 Å². The third-order valence-electron chi connectivity index (χ3n) is 4.92. The van der Waals surface area contributed by atoms with E-state index in [9.17, 15) is 14.9 Å². The predicted octanol–water partition coefficient (Wildman–Crippen LogP) is 4.58. The lowest BCUT2D eigenvalue weighted by atomic mass is 10.1. The fourth-order valence-corrected chi connectivity index (χ4v) is 4.45. The summed E-state index contributed by atoms with van der Waals surface area (Å²) in [5.41, 5.74) is 2.42. The summed E-state index contributed by atoms with van der Waals surface area (Å²) < 4.78 is 5.80. The topological polar surface area (TPSA) is 97.6 Å². The molecule has 2 aromatic carbocycles. The van der Waals surface area contributed by atoms with Gasteiger partial charge in [0.2, 0.25) is 0 Å². The maximum Gasteiger partial charge on any atom is 0.270 e. The van der Waals surface area contributed by atoms with E-state index in [0.717, 1.165) is 29.5 Å². The number of anilines is 2. The fraction of sp³-hybridized carbons (Fsp3) is 0.273. The summed E-state index contributed by atoms with van der Waals surface area (Å²) in [4.78, 5) is 30.0. The van der Waals surface area contributed by atoms with Crippen molar-refractivity contribution in [3.8, 4) is 11.3 Å². The van der Waals surface area contributed by atoms with Gasteiger partial charge in [-0.05, 0) is 32.0 Å². The smallest absolute Gasteiger partial charge is 0.270 e. The molecule has 8 nitrogen and oxygen atoms in total. The second-order valence-electron chi connectivity index (χ2n) is 7.52. The Kier molecular flexibility index (Phi) is 5.97. The molecular formula is C22H22N4O4S. The number of benzene rings is 2. The number of carbonyl (C=O) groups excluding carboxylic acids is 1. The van der Waals surface area contributed by atoms with Crippen molar-refractivity contribution < 1.29 is 14.5 Å². The zero-order valence-electron chi connectivity index (χ0n) is 17.1. The van der Waals surface area contributed by atoms with Crippen molar-refractivity contribution in [3.05, 3.63) is 69.6 Å². The van der Waals surface area contributed by atoms with Crippen molar-refractivity contribution in [3.63, 3.8) is 0 Å². The van der Waals surface area contributed by atoms with E-state index in [4.69, 9.17) is 9.72 Å². The molecule has 4 rings (SSSR count). The molecule has 9 heteroatoms. The van der Waals surface area contributed by atoms with Crippen LogP contribution in [0.5, 0.6) is 0 Å². The highest BCUT2D eigenvalue weighted by Gasteiger charge is 2.24. The van der Waals surface area contributed by atoms with E-state index < -0.39 is 10.8 Å². The number of amides is 1. The Morgan fingerprint density at radius 2 is 1.94 bits per heavy atom. The Balaban J connectivity index is 1.50. The molecule has 160 valence electrons. The van der Waals surface area contributed by atoms with E-state index in [1.165, 1.54) is 18.2 Å². The molecule has 1 saturated heterocycles. The van der Waals surface area contributed by atoms with Gasteiger partial charge in [-0.15, -0.1) is 11.3 Å². The molecule has 31 heavy (non-hydrogen) atoms. The number of non-ortho nitro benzene ring substituents is 1. The van der Waals surface area contributed by atoms with E-state index in [0.29, 0.717) is 5.69 Å². The van der Waals surface area contributed by atoms with Gasteiger partial charge in [-0.3, -0.25) is 14.9 Å². The van der Waals surface area contributed by atoms with Gasteiger partial charge >= 0.3 is 0 Å². The van der Waals surface area contributed by atoms with Gasteiger partial charge in [-0.2, -0.15) is 0 Å². The average molecular weight is 439 g/mol. The SMILES string of the molecule is CC1CN(c2nc(-c3cccc(NC(=O)c4cccc([N+](=O)[O-])c4)c3)cs2)CC(C)O1. The zero-order chi connectivity index (χ0) is 22.0. The molecule has 0 aliphatic carbocycles. The van der Waals surface area contributed by atoms with E-state index in [1.54, 1.807) is 23.5 Å². The maximum absolute atomic E-state index is 12.5. The molecule has 0 spiro atoms. The highest BCUT2D eigenvalue weighted by molar-refractivity contribution is 7.14. The molecule has 1 N–H and O–H groups in total. The fourth-order valence-electron chi connectivity index (χ4n) is 3.60. The summed E-state index contributed by atoms with van der Waals surface area (Å²) in [6, 6.07) is 13.1. The average Bonchev–Trinajstić information content (AvgIpc) is 3.24. The summed E-state index contributed by atoms with van der Waals surface area (Å²) in [5, 5.41) is 16.7. The molecule has 1 aromatic heterocycles. The minimum absolute atomic E-state index is 0.122. The molecule has 0 bridgehead atoms. The highest BCUT2D eigenvalue weighted by atomic mass is 32.1. The minimum atomic E-state index is -0.521. The molecule has 1 aliphatic heterocycles. The molecular weight excluding hydrogens is 416 g/mol. The molecule has 1 amide bonds. The molecule has 3 aromatic rings. The van der Waals surface area contributed by atoms with Crippen molar-refractivity contribution in [1.29, 1.82) is 0 Å². The number of nitro benzene ring substituents is 1. The molecule has 2 atom stereocenters. The molecule has 0 radical (unpaired) electrons. The number of nitrogens with zero attached hydrogens (tertiary/aromatic N) is 3. The monoisotopic (exact) mass is 438 g/mol. The molecule has 1 aliphatic rings. The van der Waals surface area contributed by atoms with Gasteiger partial charge in [-0.25, -0.2) is 4.98 Å². The number of hydrogen-bond donors (Lipinski definition) is 1. The van der Waals surface area contributed by atoms with Crippen molar-refractivity contribution in [2.75, 3.05) is 23.3 Å². The summed E-state index contributed by atoms with van der Waals surface area (Å²) in [6.45, 7) is 5.72. The lowest BCUT2D eigenvalue weighted by Crippen LogP contribution is -2.45. The van der Waals surface area contributed by atoms with Gasteiger partial charge in [0.1, 0.15) is 0 Å². The van der Waals surface area contributed by atoms with Crippen molar-refractivity contribution >= 4 is 33.8 Å². The number of thiazole rings is 1. The van der Waals surface area contributed by atoms with E-state index in [2.05, 4.69) is 24.1 Å². The maximum atomic E-state index is 12.5. The van der Waals surface area contributed by atoms with Crippen LogP contribution in [0, 0.1) is 10.1 Å². The Hall–Kier alpha value is -3.30. The van der Waals surface area contributed by atoms with Crippen LogP contribution in [0.25, 0.3) is 11.3 Å². The first-order valence-electron chi connectivity index (χ1n) is 9.91. The lowest BCUT2D eigenvalue weighted by Gasteiger charge is -2.35. The first-order chi connectivity index (χ1) is 14.9. The standard InChI is InChI=1S/C22H22N4O4S/c1-14-11-25(12-15(2)30-14)22-24-20(13-31-22)16-5-3-7-18(9-16)23-21(27)17-6-4-8-19(10-17)26(28)29/h3-10,13-15H,11-12H2,1-2H3,(H,23,27). The van der Waals surface area contributed by atoms with Gasteiger partial charge in [-0.1, -0.05) is 18.2 Å².